The Morgan fingerprint density at radius 1 is 1.13 bits per heavy atom. The molecule has 1 rings (SSSR count). The molecule has 1 aromatic rings. The maximum Gasteiger partial charge on any atom is 0.191 e. The van der Waals surface area contributed by atoms with Gasteiger partial charge >= 0.3 is 0 Å². The number of nitrogens with zero attached hydrogens (tertiary/aromatic N) is 1. The predicted molar refractivity (Wildman–Crippen MR) is 93.5 cm³/mol. The van der Waals surface area contributed by atoms with E-state index in [0.717, 1.165) is 42.6 Å². The van der Waals surface area contributed by atoms with Crippen LogP contribution in [0.2, 0.25) is 0 Å². The molecular formula is C17H29N3O3. The monoisotopic (exact) mass is 323 g/mol. The lowest BCUT2D eigenvalue weighted by Gasteiger charge is -2.14. The summed E-state index contributed by atoms with van der Waals surface area (Å²) in [4.78, 5) is 4.18. The Morgan fingerprint density at radius 2 is 1.96 bits per heavy atom. The summed E-state index contributed by atoms with van der Waals surface area (Å²) in [5.74, 6) is 2.27. The molecule has 0 aliphatic rings. The molecule has 6 nitrogen and oxygen atoms in total. The summed E-state index contributed by atoms with van der Waals surface area (Å²) in [6, 6.07) is 5.94. The zero-order chi connectivity index (χ0) is 16.9. The Labute approximate surface area is 139 Å². The first-order valence-electron chi connectivity index (χ1n) is 8.07. The Morgan fingerprint density at radius 3 is 2.61 bits per heavy atom. The van der Waals surface area contributed by atoms with E-state index in [2.05, 4.69) is 22.5 Å². The minimum Gasteiger partial charge on any atom is -0.493 e. The molecule has 130 valence electrons. The minimum atomic E-state index is 0.652. The van der Waals surface area contributed by atoms with Gasteiger partial charge in [0.2, 0.25) is 0 Å². The Hall–Kier alpha value is -1.95. The lowest BCUT2D eigenvalue weighted by Crippen LogP contribution is -2.38. The second-order valence-electron chi connectivity index (χ2n) is 4.88. The molecule has 6 heteroatoms. The van der Waals surface area contributed by atoms with Crippen LogP contribution in [0.5, 0.6) is 11.5 Å². The van der Waals surface area contributed by atoms with E-state index in [0.29, 0.717) is 19.8 Å². The van der Waals surface area contributed by atoms with E-state index < -0.39 is 0 Å². The van der Waals surface area contributed by atoms with Gasteiger partial charge in [-0.1, -0.05) is 13.0 Å². The molecule has 0 saturated carbocycles. The molecule has 0 amide bonds. The molecule has 23 heavy (non-hydrogen) atoms. The molecular weight excluding hydrogens is 294 g/mol. The standard InChI is InChI=1S/C17H29N3O3/c1-5-10-23-15-8-7-14(12-16(15)21-4)13-20-17(18-3)19-9-11-22-6-2/h7-8,12H,5-6,9-11,13H2,1-4H3,(H2,18,19,20). The molecule has 0 aliphatic heterocycles. The van der Waals surface area contributed by atoms with E-state index >= 15 is 0 Å². The van der Waals surface area contributed by atoms with Gasteiger partial charge in [0, 0.05) is 26.7 Å². The third-order valence-electron chi connectivity index (χ3n) is 3.12. The van der Waals surface area contributed by atoms with Crippen LogP contribution < -0.4 is 20.1 Å². The van der Waals surface area contributed by atoms with Crippen molar-refractivity contribution >= 4 is 5.96 Å². The van der Waals surface area contributed by atoms with Crippen LogP contribution in [0.25, 0.3) is 0 Å². The molecule has 0 radical (unpaired) electrons. The average Bonchev–Trinajstić information content (AvgIpc) is 2.59. The fraction of sp³-hybridized carbons (Fsp3) is 0.588. The highest BCUT2D eigenvalue weighted by molar-refractivity contribution is 5.79. The highest BCUT2D eigenvalue weighted by Crippen LogP contribution is 2.28. The van der Waals surface area contributed by atoms with E-state index in [1.165, 1.54) is 0 Å². The van der Waals surface area contributed by atoms with Gasteiger partial charge in [-0.25, -0.2) is 0 Å². The third-order valence-corrected chi connectivity index (χ3v) is 3.12. The topological polar surface area (TPSA) is 64.1 Å². The van der Waals surface area contributed by atoms with Gasteiger partial charge in [-0.2, -0.15) is 0 Å². The molecule has 0 heterocycles. The first-order chi connectivity index (χ1) is 11.2. The smallest absolute Gasteiger partial charge is 0.191 e. The van der Waals surface area contributed by atoms with Gasteiger partial charge in [0.05, 0.1) is 20.3 Å². The van der Waals surface area contributed by atoms with Crippen LogP contribution in [-0.4, -0.2) is 46.5 Å². The summed E-state index contributed by atoms with van der Waals surface area (Å²) < 4.78 is 16.3. The number of hydrogen-bond donors (Lipinski definition) is 2. The number of guanidine groups is 1. The summed E-state index contributed by atoms with van der Waals surface area (Å²) >= 11 is 0. The number of hydrogen-bond acceptors (Lipinski definition) is 4. The van der Waals surface area contributed by atoms with Crippen LogP contribution in [0.4, 0.5) is 0 Å². The summed E-state index contributed by atoms with van der Waals surface area (Å²) in [6.07, 6.45) is 0.968. The lowest BCUT2D eigenvalue weighted by atomic mass is 10.2. The third kappa shape index (κ3) is 7.23. The van der Waals surface area contributed by atoms with Crippen LogP contribution in [0.3, 0.4) is 0 Å². The second kappa shape index (κ2) is 11.6. The number of rotatable bonds is 10. The number of ether oxygens (including phenoxy) is 3. The summed E-state index contributed by atoms with van der Waals surface area (Å²) in [6.45, 7) is 7.50. The van der Waals surface area contributed by atoms with Crippen LogP contribution in [0.1, 0.15) is 25.8 Å². The number of nitrogens with one attached hydrogen (secondary N) is 2. The lowest BCUT2D eigenvalue weighted by molar-refractivity contribution is 0.152. The van der Waals surface area contributed by atoms with Crippen LogP contribution in [0, 0.1) is 0 Å². The molecule has 0 fully saturated rings. The van der Waals surface area contributed by atoms with Gasteiger partial charge in [-0.05, 0) is 31.0 Å². The molecule has 0 saturated heterocycles. The SMILES string of the molecule is CCCOc1ccc(CNC(=NC)NCCOCC)cc1OC. The van der Waals surface area contributed by atoms with E-state index in [1.807, 2.05) is 25.1 Å². The van der Waals surface area contributed by atoms with E-state index in [4.69, 9.17) is 14.2 Å². The van der Waals surface area contributed by atoms with Crippen molar-refractivity contribution in [1.29, 1.82) is 0 Å². The highest BCUT2D eigenvalue weighted by Gasteiger charge is 2.06. The number of aliphatic imine (C=N–C) groups is 1. The fourth-order valence-corrected chi connectivity index (χ4v) is 1.95. The van der Waals surface area contributed by atoms with Crippen molar-refractivity contribution in [2.75, 3.05) is 40.5 Å². The van der Waals surface area contributed by atoms with Gasteiger partial charge in [-0.15, -0.1) is 0 Å². The number of methoxy groups -OCH3 is 1. The maximum atomic E-state index is 5.66. The zero-order valence-electron chi connectivity index (χ0n) is 14.6. The normalized spacial score (nSPS) is 11.2. The molecule has 1 aromatic carbocycles. The second-order valence-corrected chi connectivity index (χ2v) is 4.88. The van der Waals surface area contributed by atoms with Crippen LogP contribution >= 0.6 is 0 Å². The summed E-state index contributed by atoms with van der Waals surface area (Å²) in [5.41, 5.74) is 1.10. The Bertz CT molecular complexity index is 478. The van der Waals surface area contributed by atoms with Crippen molar-refractivity contribution in [3.63, 3.8) is 0 Å². The molecule has 0 atom stereocenters. The first-order valence-corrected chi connectivity index (χ1v) is 8.07. The molecule has 2 N–H and O–H groups in total. The molecule has 0 aromatic heterocycles. The Kier molecular flexibility index (Phi) is 9.63. The van der Waals surface area contributed by atoms with Crippen molar-refractivity contribution in [1.82, 2.24) is 10.6 Å². The van der Waals surface area contributed by atoms with Crippen molar-refractivity contribution in [2.45, 2.75) is 26.8 Å². The summed E-state index contributed by atoms with van der Waals surface area (Å²) in [7, 11) is 3.40. The van der Waals surface area contributed by atoms with Gasteiger partial charge in [0.15, 0.2) is 17.5 Å². The van der Waals surface area contributed by atoms with E-state index in [1.54, 1.807) is 14.2 Å². The van der Waals surface area contributed by atoms with Gasteiger partial charge in [0.25, 0.3) is 0 Å². The van der Waals surface area contributed by atoms with Crippen LogP contribution in [0.15, 0.2) is 23.2 Å². The minimum absolute atomic E-state index is 0.652. The van der Waals surface area contributed by atoms with Gasteiger partial charge in [-0.3, -0.25) is 4.99 Å². The van der Waals surface area contributed by atoms with Crippen molar-refractivity contribution in [3.8, 4) is 11.5 Å². The highest BCUT2D eigenvalue weighted by atomic mass is 16.5. The maximum absolute atomic E-state index is 5.66. The first kappa shape index (κ1) is 19.1. The Balaban J connectivity index is 2.52. The van der Waals surface area contributed by atoms with Crippen molar-refractivity contribution in [2.24, 2.45) is 4.99 Å². The van der Waals surface area contributed by atoms with Gasteiger partial charge in [0.1, 0.15) is 0 Å². The van der Waals surface area contributed by atoms with Crippen molar-refractivity contribution < 1.29 is 14.2 Å². The molecule has 0 spiro atoms. The number of benzene rings is 1. The molecule has 0 bridgehead atoms. The quantitative estimate of drug-likeness (QED) is 0.392. The van der Waals surface area contributed by atoms with Crippen molar-refractivity contribution in [3.05, 3.63) is 23.8 Å². The predicted octanol–water partition coefficient (Wildman–Crippen LogP) is 2.19. The average molecular weight is 323 g/mol. The fourth-order valence-electron chi connectivity index (χ4n) is 1.95. The van der Waals surface area contributed by atoms with Gasteiger partial charge < -0.3 is 24.8 Å². The van der Waals surface area contributed by atoms with Crippen LogP contribution in [-0.2, 0) is 11.3 Å². The largest absolute Gasteiger partial charge is 0.493 e. The molecule has 0 aliphatic carbocycles. The van der Waals surface area contributed by atoms with E-state index in [-0.39, 0.29) is 0 Å². The molecule has 0 unspecified atom stereocenters. The zero-order valence-corrected chi connectivity index (χ0v) is 14.6. The summed E-state index contributed by atoms with van der Waals surface area (Å²) in [5, 5.41) is 6.46. The van der Waals surface area contributed by atoms with E-state index in [9.17, 15) is 0 Å².